The van der Waals surface area contributed by atoms with Crippen molar-refractivity contribution in [2.75, 3.05) is 18.5 Å². The Bertz CT molecular complexity index is 670. The van der Waals surface area contributed by atoms with Crippen molar-refractivity contribution < 1.29 is 23.7 Å². The third kappa shape index (κ3) is 6.30. The Balaban J connectivity index is 1.51. The molecule has 2 heterocycles. The molecule has 2 amide bonds. The highest BCUT2D eigenvalue weighted by Gasteiger charge is 2.55. The van der Waals surface area contributed by atoms with E-state index in [0.29, 0.717) is 23.9 Å². The number of urea groups is 1. The number of halogens is 1. The van der Waals surface area contributed by atoms with Gasteiger partial charge in [-0.25, -0.2) is 4.79 Å². The monoisotopic (exact) mass is 426 g/mol. The number of carbonyl (C=O) groups excluding carboxylic acids is 1. The lowest BCUT2D eigenvalue weighted by atomic mass is 10.1. The molecule has 0 aliphatic carbocycles. The molecule has 1 aromatic rings. The first-order valence-electron chi connectivity index (χ1n) is 10.3. The van der Waals surface area contributed by atoms with Crippen molar-refractivity contribution in [2.24, 2.45) is 0 Å². The van der Waals surface area contributed by atoms with Crippen molar-refractivity contribution in [1.82, 2.24) is 5.32 Å². The van der Waals surface area contributed by atoms with Crippen molar-refractivity contribution >= 4 is 23.3 Å². The summed E-state index contributed by atoms with van der Waals surface area (Å²) in [5, 5.41) is 6.22. The second kappa shape index (κ2) is 10.1. The topological polar surface area (TPSA) is 78.1 Å². The van der Waals surface area contributed by atoms with Gasteiger partial charge in [0.15, 0.2) is 12.1 Å². The van der Waals surface area contributed by atoms with E-state index in [2.05, 4.69) is 17.6 Å². The van der Waals surface area contributed by atoms with E-state index in [-0.39, 0.29) is 24.3 Å². The van der Waals surface area contributed by atoms with Gasteiger partial charge >= 0.3 is 6.03 Å². The number of anilines is 1. The van der Waals surface area contributed by atoms with Crippen molar-refractivity contribution in [3.8, 4) is 0 Å². The van der Waals surface area contributed by atoms with Crippen LogP contribution in [0.3, 0.4) is 0 Å². The summed E-state index contributed by atoms with van der Waals surface area (Å²) in [4.78, 5) is 12.2. The maximum atomic E-state index is 12.2. The molecule has 0 aromatic heterocycles. The molecule has 0 unspecified atom stereocenters. The van der Waals surface area contributed by atoms with Crippen LogP contribution in [0.25, 0.3) is 0 Å². The standard InChI is InChI=1S/C21H31ClN2O5/c1-4-5-6-7-12-26-17-16(27-19-18(17)28-21(2,3)29-19)13-23-20(25)24-15-10-8-14(22)9-11-15/h8-11,16-19H,4-7,12-13H2,1-3H3,(H2,23,24,25)/t16-,17+,18-,19-/m1/s1. The summed E-state index contributed by atoms with van der Waals surface area (Å²) in [6.07, 6.45) is 3.06. The number of fused-ring (bicyclic) bond motifs is 1. The highest BCUT2D eigenvalue weighted by molar-refractivity contribution is 6.30. The van der Waals surface area contributed by atoms with Crippen molar-refractivity contribution in [3.63, 3.8) is 0 Å². The second-order valence-corrected chi connectivity index (χ2v) is 8.32. The number of hydrogen-bond acceptors (Lipinski definition) is 5. The molecular formula is C21H31ClN2O5. The second-order valence-electron chi connectivity index (χ2n) is 7.88. The molecule has 2 aliphatic heterocycles. The van der Waals surface area contributed by atoms with E-state index in [1.807, 2.05) is 13.8 Å². The van der Waals surface area contributed by atoms with E-state index in [9.17, 15) is 4.79 Å². The fourth-order valence-electron chi connectivity index (χ4n) is 3.56. The SMILES string of the molecule is CCCCCCO[C@@H]1[C@H]2OC(C)(C)O[C@H]2O[C@@H]1CNC(=O)Nc1ccc(Cl)cc1. The molecule has 7 nitrogen and oxygen atoms in total. The molecule has 2 saturated heterocycles. The number of ether oxygens (including phenoxy) is 4. The van der Waals surface area contributed by atoms with Crippen LogP contribution in [0.2, 0.25) is 5.02 Å². The number of amides is 2. The molecular weight excluding hydrogens is 396 g/mol. The number of carbonyl (C=O) groups is 1. The third-order valence-electron chi connectivity index (χ3n) is 4.96. The normalized spacial score (nSPS) is 27.6. The lowest BCUT2D eigenvalue weighted by Crippen LogP contribution is -2.44. The van der Waals surface area contributed by atoms with E-state index in [0.717, 1.165) is 12.8 Å². The van der Waals surface area contributed by atoms with Crippen molar-refractivity contribution in [3.05, 3.63) is 29.3 Å². The van der Waals surface area contributed by atoms with Gasteiger partial charge in [0.25, 0.3) is 0 Å². The molecule has 0 bridgehead atoms. The molecule has 4 atom stereocenters. The predicted molar refractivity (Wildman–Crippen MR) is 111 cm³/mol. The molecule has 1 aromatic carbocycles. The van der Waals surface area contributed by atoms with E-state index >= 15 is 0 Å². The molecule has 2 fully saturated rings. The summed E-state index contributed by atoms with van der Waals surface area (Å²) >= 11 is 5.87. The predicted octanol–water partition coefficient (Wildman–Crippen LogP) is 4.30. The Kier molecular flexibility index (Phi) is 7.76. The van der Waals surface area contributed by atoms with Gasteiger partial charge in [0.1, 0.15) is 18.3 Å². The maximum Gasteiger partial charge on any atom is 0.319 e. The minimum absolute atomic E-state index is 0.291. The van der Waals surface area contributed by atoms with Gasteiger partial charge < -0.3 is 29.6 Å². The molecule has 2 aliphatic rings. The molecule has 162 valence electrons. The van der Waals surface area contributed by atoms with Gasteiger partial charge in [0, 0.05) is 23.9 Å². The number of rotatable bonds is 9. The van der Waals surface area contributed by atoms with Crippen LogP contribution in [0.1, 0.15) is 46.5 Å². The fourth-order valence-corrected chi connectivity index (χ4v) is 3.69. The Morgan fingerprint density at radius 1 is 1.17 bits per heavy atom. The van der Waals surface area contributed by atoms with Gasteiger partial charge in [-0.3, -0.25) is 0 Å². The molecule has 3 rings (SSSR count). The third-order valence-corrected chi connectivity index (χ3v) is 5.21. The average Bonchev–Trinajstić information content (AvgIpc) is 3.13. The molecule has 0 saturated carbocycles. The lowest BCUT2D eigenvalue weighted by Gasteiger charge is -2.26. The van der Waals surface area contributed by atoms with Crippen LogP contribution in [0.5, 0.6) is 0 Å². The van der Waals surface area contributed by atoms with Gasteiger partial charge in [-0.05, 0) is 44.5 Å². The fraction of sp³-hybridized carbons (Fsp3) is 0.667. The van der Waals surface area contributed by atoms with Gasteiger partial charge in [-0.2, -0.15) is 0 Å². The summed E-state index contributed by atoms with van der Waals surface area (Å²) in [6, 6.07) is 6.60. The number of benzene rings is 1. The Hall–Kier alpha value is -1.38. The summed E-state index contributed by atoms with van der Waals surface area (Å²) in [5.41, 5.74) is 0.660. The van der Waals surface area contributed by atoms with E-state index < -0.39 is 12.1 Å². The van der Waals surface area contributed by atoms with Crippen LogP contribution in [0.15, 0.2) is 24.3 Å². The first-order chi connectivity index (χ1) is 13.9. The summed E-state index contributed by atoms with van der Waals surface area (Å²) in [6.45, 7) is 6.83. The van der Waals surface area contributed by atoms with Crippen molar-refractivity contribution in [2.45, 2.75) is 76.8 Å². The number of hydrogen-bond donors (Lipinski definition) is 2. The Labute approximate surface area is 177 Å². The van der Waals surface area contributed by atoms with Crippen LogP contribution in [0, 0.1) is 0 Å². The molecule has 0 spiro atoms. The molecule has 0 radical (unpaired) electrons. The summed E-state index contributed by atoms with van der Waals surface area (Å²) in [7, 11) is 0. The van der Waals surface area contributed by atoms with Crippen LogP contribution >= 0.6 is 11.6 Å². The van der Waals surface area contributed by atoms with Gasteiger partial charge in [-0.15, -0.1) is 0 Å². The first-order valence-corrected chi connectivity index (χ1v) is 10.7. The van der Waals surface area contributed by atoms with Gasteiger partial charge in [0.2, 0.25) is 0 Å². The smallest absolute Gasteiger partial charge is 0.319 e. The summed E-state index contributed by atoms with van der Waals surface area (Å²) < 4.78 is 23.9. The van der Waals surface area contributed by atoms with Crippen LogP contribution < -0.4 is 10.6 Å². The van der Waals surface area contributed by atoms with E-state index in [1.54, 1.807) is 24.3 Å². The van der Waals surface area contributed by atoms with Crippen LogP contribution in [0.4, 0.5) is 10.5 Å². The highest BCUT2D eigenvalue weighted by atomic mass is 35.5. The zero-order valence-corrected chi connectivity index (χ0v) is 18.0. The van der Waals surface area contributed by atoms with Gasteiger partial charge in [-0.1, -0.05) is 37.8 Å². The lowest BCUT2D eigenvalue weighted by molar-refractivity contribution is -0.217. The molecule has 8 heteroatoms. The van der Waals surface area contributed by atoms with Crippen molar-refractivity contribution in [1.29, 1.82) is 0 Å². The molecule has 29 heavy (non-hydrogen) atoms. The Morgan fingerprint density at radius 3 is 2.66 bits per heavy atom. The maximum absolute atomic E-state index is 12.2. The highest BCUT2D eigenvalue weighted by Crippen LogP contribution is 2.38. The number of nitrogens with one attached hydrogen (secondary N) is 2. The Morgan fingerprint density at radius 2 is 1.93 bits per heavy atom. The zero-order valence-electron chi connectivity index (χ0n) is 17.3. The minimum Gasteiger partial charge on any atom is -0.373 e. The largest absolute Gasteiger partial charge is 0.373 e. The van der Waals surface area contributed by atoms with E-state index in [1.165, 1.54) is 12.8 Å². The first kappa shape index (κ1) is 22.3. The average molecular weight is 427 g/mol. The summed E-state index contributed by atoms with van der Waals surface area (Å²) in [5.74, 6) is -0.705. The van der Waals surface area contributed by atoms with Crippen LogP contribution in [-0.4, -0.2) is 49.6 Å². The van der Waals surface area contributed by atoms with Crippen LogP contribution in [-0.2, 0) is 18.9 Å². The quantitative estimate of drug-likeness (QED) is 0.575. The minimum atomic E-state index is -0.705. The van der Waals surface area contributed by atoms with Gasteiger partial charge in [0.05, 0.1) is 0 Å². The van der Waals surface area contributed by atoms with E-state index in [4.69, 9.17) is 30.5 Å². The molecule has 2 N–H and O–H groups in total. The zero-order chi connectivity index (χ0) is 20.9. The number of unbranched alkanes of at least 4 members (excludes halogenated alkanes) is 3.